The van der Waals surface area contributed by atoms with Crippen molar-refractivity contribution in [1.82, 2.24) is 15.5 Å². The number of carbonyl (C=O) groups excluding carboxylic acids is 5. The number of amides is 5. The van der Waals surface area contributed by atoms with Crippen LogP contribution in [0, 0.1) is 11.8 Å². The Kier molecular flexibility index (Phi) is 17.0. The number of ether oxygens (including phenoxy) is 4. The SMILES string of the molecule is CC(C)Cc1ccc(NC(=O)[C@H](C)NC(=O)[C@@H](NC(=O)COCCOCCOCCOCCN2C(=O)C=CC2=O)C(C)C)cc1. The molecule has 0 unspecified atom stereocenters. The monoisotopic (exact) mass is 632 g/mol. The molecule has 0 bridgehead atoms. The highest BCUT2D eigenvalue weighted by molar-refractivity contribution is 6.12. The number of hydrogen-bond donors (Lipinski definition) is 3. The highest BCUT2D eigenvalue weighted by Gasteiger charge is 2.27. The van der Waals surface area contributed by atoms with Crippen LogP contribution < -0.4 is 16.0 Å². The van der Waals surface area contributed by atoms with Gasteiger partial charge in [-0.25, -0.2) is 0 Å². The second-order valence-electron chi connectivity index (χ2n) is 11.4. The van der Waals surface area contributed by atoms with Gasteiger partial charge in [0.25, 0.3) is 11.8 Å². The number of benzene rings is 1. The van der Waals surface area contributed by atoms with Gasteiger partial charge >= 0.3 is 0 Å². The van der Waals surface area contributed by atoms with Gasteiger partial charge in [0.15, 0.2) is 0 Å². The summed E-state index contributed by atoms with van der Waals surface area (Å²) in [5, 5.41) is 8.16. The molecule has 1 aromatic rings. The first-order valence-electron chi connectivity index (χ1n) is 15.3. The van der Waals surface area contributed by atoms with Gasteiger partial charge in [0, 0.05) is 17.8 Å². The average molecular weight is 633 g/mol. The average Bonchev–Trinajstić information content (AvgIpc) is 3.30. The fourth-order valence-corrected chi connectivity index (χ4v) is 4.20. The molecule has 0 saturated heterocycles. The van der Waals surface area contributed by atoms with Gasteiger partial charge in [0.1, 0.15) is 18.7 Å². The molecule has 2 atom stereocenters. The summed E-state index contributed by atoms with van der Waals surface area (Å²) < 4.78 is 21.5. The lowest BCUT2D eigenvalue weighted by Crippen LogP contribution is -2.54. The van der Waals surface area contributed by atoms with Gasteiger partial charge in [-0.1, -0.05) is 39.8 Å². The Morgan fingerprint density at radius 3 is 1.78 bits per heavy atom. The summed E-state index contributed by atoms with van der Waals surface area (Å²) >= 11 is 0. The van der Waals surface area contributed by atoms with Crippen molar-refractivity contribution in [3.05, 3.63) is 42.0 Å². The summed E-state index contributed by atoms with van der Waals surface area (Å²) in [6.07, 6.45) is 3.41. The van der Waals surface area contributed by atoms with E-state index in [1.54, 1.807) is 20.8 Å². The van der Waals surface area contributed by atoms with Crippen molar-refractivity contribution in [3.8, 4) is 0 Å². The summed E-state index contributed by atoms with van der Waals surface area (Å²) in [6, 6.07) is 5.97. The zero-order valence-corrected chi connectivity index (χ0v) is 27.0. The smallest absolute Gasteiger partial charge is 0.253 e. The summed E-state index contributed by atoms with van der Waals surface area (Å²) in [5.41, 5.74) is 1.83. The molecule has 1 aliphatic rings. The van der Waals surface area contributed by atoms with Gasteiger partial charge in [0.05, 0.1) is 52.8 Å². The minimum Gasteiger partial charge on any atom is -0.377 e. The second-order valence-corrected chi connectivity index (χ2v) is 11.4. The minimum absolute atomic E-state index is 0.174. The lowest BCUT2D eigenvalue weighted by Gasteiger charge is -2.24. The zero-order chi connectivity index (χ0) is 33.2. The maximum absolute atomic E-state index is 12.9. The molecule has 45 heavy (non-hydrogen) atoms. The third kappa shape index (κ3) is 14.8. The maximum Gasteiger partial charge on any atom is 0.253 e. The van der Waals surface area contributed by atoms with Crippen molar-refractivity contribution < 1.29 is 42.9 Å². The maximum atomic E-state index is 12.9. The number of imide groups is 1. The standard InChI is InChI=1S/C32H48N4O9/c1-22(2)20-25-6-8-26(9-7-25)34-31(40)24(5)33-32(41)30(23(3)4)35-27(37)21-45-19-18-44-17-16-43-15-14-42-13-12-36-28(38)10-11-29(36)39/h6-11,22-24,30H,12-21H2,1-5H3,(H,33,41)(H,34,40)(H,35,37)/t24-,30-/m0/s1. The Morgan fingerprint density at radius 1 is 0.711 bits per heavy atom. The Labute approximate surface area is 265 Å². The molecule has 1 aromatic carbocycles. The predicted molar refractivity (Wildman–Crippen MR) is 167 cm³/mol. The molecule has 13 nitrogen and oxygen atoms in total. The molecule has 0 aliphatic carbocycles. The van der Waals surface area contributed by atoms with Crippen molar-refractivity contribution in [2.75, 3.05) is 64.7 Å². The molecule has 1 aliphatic heterocycles. The van der Waals surface area contributed by atoms with Crippen LogP contribution in [0.5, 0.6) is 0 Å². The quantitative estimate of drug-likeness (QED) is 0.127. The molecule has 3 N–H and O–H groups in total. The van der Waals surface area contributed by atoms with E-state index >= 15 is 0 Å². The summed E-state index contributed by atoms with van der Waals surface area (Å²) in [4.78, 5) is 61.9. The number of carbonyl (C=O) groups is 5. The van der Waals surface area contributed by atoms with Crippen LogP contribution in [0.4, 0.5) is 5.69 Å². The zero-order valence-electron chi connectivity index (χ0n) is 27.0. The topological polar surface area (TPSA) is 162 Å². The molecular weight excluding hydrogens is 584 g/mol. The van der Waals surface area contributed by atoms with Crippen LogP contribution >= 0.6 is 0 Å². The van der Waals surface area contributed by atoms with Gasteiger partial charge < -0.3 is 34.9 Å². The molecule has 0 saturated carbocycles. The normalized spacial score (nSPS) is 14.2. The number of nitrogens with one attached hydrogen (secondary N) is 3. The largest absolute Gasteiger partial charge is 0.377 e. The predicted octanol–water partition coefficient (Wildman–Crippen LogP) is 1.46. The molecule has 1 heterocycles. The number of rotatable bonds is 22. The number of nitrogens with zero attached hydrogens (tertiary/aromatic N) is 1. The van der Waals surface area contributed by atoms with Gasteiger partial charge in [0.2, 0.25) is 17.7 Å². The lowest BCUT2D eigenvalue weighted by molar-refractivity contribution is -0.137. The Balaban J connectivity index is 1.53. The molecule has 0 fully saturated rings. The Morgan fingerprint density at radius 2 is 1.24 bits per heavy atom. The Bertz CT molecular complexity index is 1120. The van der Waals surface area contributed by atoms with Gasteiger partial charge in [-0.05, 0) is 42.9 Å². The van der Waals surface area contributed by atoms with E-state index in [-0.39, 0.29) is 56.6 Å². The second kappa shape index (κ2) is 20.4. The summed E-state index contributed by atoms with van der Waals surface area (Å²) in [5.74, 6) is -1.64. The fraction of sp³-hybridized carbons (Fsp3) is 0.594. The highest BCUT2D eigenvalue weighted by atomic mass is 16.6. The lowest BCUT2D eigenvalue weighted by atomic mass is 10.0. The van der Waals surface area contributed by atoms with E-state index in [9.17, 15) is 24.0 Å². The molecule has 250 valence electrons. The van der Waals surface area contributed by atoms with Gasteiger partial charge in [-0.15, -0.1) is 0 Å². The van der Waals surface area contributed by atoms with E-state index in [2.05, 4.69) is 29.8 Å². The minimum atomic E-state index is -0.841. The van der Waals surface area contributed by atoms with Crippen molar-refractivity contribution in [1.29, 1.82) is 0 Å². The van der Waals surface area contributed by atoms with E-state index < -0.39 is 23.9 Å². The molecule has 2 rings (SSSR count). The number of anilines is 1. The van der Waals surface area contributed by atoms with E-state index in [0.717, 1.165) is 11.3 Å². The third-order valence-corrected chi connectivity index (χ3v) is 6.59. The van der Waals surface area contributed by atoms with Gasteiger partial charge in [-0.3, -0.25) is 28.9 Å². The molecule has 13 heteroatoms. The van der Waals surface area contributed by atoms with Crippen molar-refractivity contribution in [2.45, 2.75) is 53.1 Å². The molecule has 0 spiro atoms. The first-order valence-corrected chi connectivity index (χ1v) is 15.3. The van der Waals surface area contributed by atoms with E-state index in [1.165, 1.54) is 17.7 Å². The molecular formula is C32H48N4O9. The van der Waals surface area contributed by atoms with Crippen LogP contribution in [0.3, 0.4) is 0 Å². The highest BCUT2D eigenvalue weighted by Crippen LogP contribution is 2.13. The van der Waals surface area contributed by atoms with Crippen LogP contribution in [0.15, 0.2) is 36.4 Å². The van der Waals surface area contributed by atoms with Crippen LogP contribution in [-0.4, -0.2) is 106 Å². The van der Waals surface area contributed by atoms with Crippen molar-refractivity contribution >= 4 is 35.2 Å². The first kappa shape index (κ1) is 37.5. The fourth-order valence-electron chi connectivity index (χ4n) is 4.20. The molecule has 0 radical (unpaired) electrons. The van der Waals surface area contributed by atoms with E-state index in [0.29, 0.717) is 38.0 Å². The van der Waals surface area contributed by atoms with Crippen molar-refractivity contribution in [2.24, 2.45) is 11.8 Å². The number of hydrogen-bond acceptors (Lipinski definition) is 9. The van der Waals surface area contributed by atoms with E-state index in [1.807, 2.05) is 24.3 Å². The molecule has 5 amide bonds. The molecule has 0 aromatic heterocycles. The van der Waals surface area contributed by atoms with E-state index in [4.69, 9.17) is 18.9 Å². The first-order chi connectivity index (χ1) is 21.5. The summed E-state index contributed by atoms with van der Waals surface area (Å²) in [7, 11) is 0. The summed E-state index contributed by atoms with van der Waals surface area (Å²) in [6.45, 7) is 11.4. The third-order valence-electron chi connectivity index (χ3n) is 6.59. The van der Waals surface area contributed by atoms with Crippen molar-refractivity contribution in [3.63, 3.8) is 0 Å². The van der Waals surface area contributed by atoms with Crippen LogP contribution in [0.25, 0.3) is 0 Å². The van der Waals surface area contributed by atoms with Crippen LogP contribution in [0.2, 0.25) is 0 Å². The van der Waals surface area contributed by atoms with Crippen LogP contribution in [-0.2, 0) is 49.3 Å². The Hall–Kier alpha value is -3.65. The van der Waals surface area contributed by atoms with Crippen LogP contribution in [0.1, 0.15) is 40.2 Å². The van der Waals surface area contributed by atoms with Gasteiger partial charge in [-0.2, -0.15) is 0 Å².